The Kier molecular flexibility index (Phi) is 3.89. The van der Waals surface area contributed by atoms with E-state index < -0.39 is 0 Å². The largest absolute Gasteiger partial charge is 0.348 e. The Morgan fingerprint density at radius 3 is 2.86 bits per heavy atom. The van der Waals surface area contributed by atoms with Crippen LogP contribution >= 0.6 is 15.9 Å². The minimum absolute atomic E-state index is 0.0747. The lowest BCUT2D eigenvalue weighted by Crippen LogP contribution is -2.24. The number of benzene rings is 1. The van der Waals surface area contributed by atoms with Gasteiger partial charge in [0.1, 0.15) is 0 Å². The second-order valence-corrected chi connectivity index (χ2v) is 4.07. The fraction of sp³-hybridized carbons (Fsp3) is 0.182. The fourth-order valence-electron chi connectivity index (χ4n) is 0.963. The van der Waals surface area contributed by atoms with Gasteiger partial charge < -0.3 is 5.32 Å². The molecule has 0 heterocycles. The maximum absolute atomic E-state index is 11.5. The van der Waals surface area contributed by atoms with E-state index in [0.29, 0.717) is 12.1 Å². The molecule has 0 aromatic heterocycles. The monoisotopic (exact) mass is 253 g/mol. The number of carbonyl (C=O) groups is 1. The Balaban J connectivity index is 2.65. The van der Waals surface area contributed by atoms with Crippen molar-refractivity contribution in [2.45, 2.75) is 6.92 Å². The van der Waals surface area contributed by atoms with Crippen LogP contribution in [-0.2, 0) is 0 Å². The molecule has 0 unspecified atom stereocenters. The van der Waals surface area contributed by atoms with Crippen molar-refractivity contribution >= 4 is 21.8 Å². The lowest BCUT2D eigenvalue weighted by atomic mass is 10.2. The molecule has 0 saturated carbocycles. The van der Waals surface area contributed by atoms with Crippen molar-refractivity contribution in [1.82, 2.24) is 5.32 Å². The number of rotatable bonds is 3. The highest BCUT2D eigenvalue weighted by molar-refractivity contribution is 9.10. The predicted octanol–water partition coefficient (Wildman–Crippen LogP) is 2.76. The second kappa shape index (κ2) is 4.96. The van der Waals surface area contributed by atoms with Gasteiger partial charge in [0.05, 0.1) is 0 Å². The summed E-state index contributed by atoms with van der Waals surface area (Å²) in [6, 6.07) is 7.28. The van der Waals surface area contributed by atoms with E-state index >= 15 is 0 Å². The van der Waals surface area contributed by atoms with Crippen LogP contribution in [0.5, 0.6) is 0 Å². The van der Waals surface area contributed by atoms with Crippen LogP contribution < -0.4 is 5.32 Å². The van der Waals surface area contributed by atoms with Crippen molar-refractivity contribution < 1.29 is 4.79 Å². The van der Waals surface area contributed by atoms with E-state index in [1.165, 1.54) is 0 Å². The summed E-state index contributed by atoms with van der Waals surface area (Å²) >= 11 is 3.31. The summed E-state index contributed by atoms with van der Waals surface area (Å²) in [5, 5.41) is 2.77. The zero-order valence-electron chi connectivity index (χ0n) is 8.01. The quantitative estimate of drug-likeness (QED) is 0.825. The van der Waals surface area contributed by atoms with E-state index in [-0.39, 0.29) is 5.91 Å². The first kappa shape index (κ1) is 11.0. The third-order valence-corrected chi connectivity index (χ3v) is 2.13. The number of hydrogen-bond donors (Lipinski definition) is 1. The second-order valence-electron chi connectivity index (χ2n) is 3.15. The molecule has 1 amide bonds. The molecular formula is C11H12BrNO. The van der Waals surface area contributed by atoms with Crippen LogP contribution in [0.15, 0.2) is 40.9 Å². The number of nitrogens with one attached hydrogen (secondary N) is 1. The third kappa shape index (κ3) is 3.34. The molecule has 0 aliphatic rings. The molecule has 0 saturated heterocycles. The van der Waals surface area contributed by atoms with Gasteiger partial charge in [0.25, 0.3) is 5.91 Å². The molecule has 0 aliphatic carbocycles. The Bertz CT molecular complexity index is 360. The van der Waals surface area contributed by atoms with Crippen LogP contribution in [0.25, 0.3) is 0 Å². The first-order valence-corrected chi connectivity index (χ1v) is 5.07. The minimum atomic E-state index is -0.0747. The summed E-state index contributed by atoms with van der Waals surface area (Å²) in [5.41, 5.74) is 1.59. The van der Waals surface area contributed by atoms with Gasteiger partial charge in [-0.1, -0.05) is 34.1 Å². The summed E-state index contributed by atoms with van der Waals surface area (Å²) in [7, 11) is 0. The standard InChI is InChI=1S/C11H12BrNO/c1-8(2)7-13-11(14)9-4-3-5-10(12)6-9/h3-6H,1,7H2,2H3,(H,13,14). The summed E-state index contributed by atoms with van der Waals surface area (Å²) in [5.74, 6) is -0.0747. The molecule has 3 heteroatoms. The topological polar surface area (TPSA) is 29.1 Å². The Morgan fingerprint density at radius 2 is 2.29 bits per heavy atom. The third-order valence-electron chi connectivity index (χ3n) is 1.64. The molecule has 0 bridgehead atoms. The number of halogens is 1. The molecule has 2 nitrogen and oxygen atoms in total. The molecule has 0 radical (unpaired) electrons. The molecule has 0 aliphatic heterocycles. The molecule has 0 spiro atoms. The smallest absolute Gasteiger partial charge is 0.251 e. The first-order chi connectivity index (χ1) is 6.59. The zero-order valence-corrected chi connectivity index (χ0v) is 9.60. The van der Waals surface area contributed by atoms with Crippen molar-refractivity contribution in [1.29, 1.82) is 0 Å². The highest BCUT2D eigenvalue weighted by Crippen LogP contribution is 2.11. The van der Waals surface area contributed by atoms with Gasteiger partial charge in [-0.3, -0.25) is 4.79 Å². The first-order valence-electron chi connectivity index (χ1n) is 4.28. The fourth-order valence-corrected chi connectivity index (χ4v) is 1.36. The van der Waals surface area contributed by atoms with Crippen molar-refractivity contribution in [3.63, 3.8) is 0 Å². The number of amides is 1. The van der Waals surface area contributed by atoms with Crippen molar-refractivity contribution in [2.75, 3.05) is 6.54 Å². The van der Waals surface area contributed by atoms with E-state index in [2.05, 4.69) is 27.8 Å². The molecule has 1 N–H and O–H groups in total. The molecule has 1 rings (SSSR count). The zero-order chi connectivity index (χ0) is 10.6. The van der Waals surface area contributed by atoms with E-state index in [1.807, 2.05) is 19.1 Å². The maximum Gasteiger partial charge on any atom is 0.251 e. The van der Waals surface area contributed by atoms with Crippen LogP contribution in [0.2, 0.25) is 0 Å². The summed E-state index contributed by atoms with van der Waals surface area (Å²) in [6.07, 6.45) is 0. The molecule has 1 aromatic carbocycles. The Morgan fingerprint density at radius 1 is 1.57 bits per heavy atom. The van der Waals surface area contributed by atoms with Gasteiger partial charge in [0.2, 0.25) is 0 Å². The average Bonchev–Trinajstić information content (AvgIpc) is 2.14. The number of hydrogen-bond acceptors (Lipinski definition) is 1. The van der Waals surface area contributed by atoms with Gasteiger partial charge >= 0.3 is 0 Å². The predicted molar refractivity (Wildman–Crippen MR) is 61.3 cm³/mol. The van der Waals surface area contributed by atoms with Crippen molar-refractivity contribution in [3.8, 4) is 0 Å². The maximum atomic E-state index is 11.5. The van der Waals surface area contributed by atoms with Crippen LogP contribution in [0, 0.1) is 0 Å². The molecule has 0 fully saturated rings. The van der Waals surface area contributed by atoms with Gasteiger partial charge in [-0.25, -0.2) is 0 Å². The van der Waals surface area contributed by atoms with Gasteiger partial charge in [-0.2, -0.15) is 0 Å². The van der Waals surface area contributed by atoms with E-state index in [4.69, 9.17) is 0 Å². The van der Waals surface area contributed by atoms with Gasteiger partial charge in [0, 0.05) is 16.6 Å². The van der Waals surface area contributed by atoms with E-state index in [1.54, 1.807) is 12.1 Å². The number of carbonyl (C=O) groups excluding carboxylic acids is 1. The van der Waals surface area contributed by atoms with Crippen molar-refractivity contribution in [3.05, 3.63) is 46.5 Å². The van der Waals surface area contributed by atoms with Gasteiger partial charge in [-0.05, 0) is 25.1 Å². The van der Waals surface area contributed by atoms with Crippen molar-refractivity contribution in [2.24, 2.45) is 0 Å². The van der Waals surface area contributed by atoms with Gasteiger partial charge in [0.15, 0.2) is 0 Å². The summed E-state index contributed by atoms with van der Waals surface area (Å²) in [4.78, 5) is 11.5. The highest BCUT2D eigenvalue weighted by Gasteiger charge is 2.03. The molecule has 74 valence electrons. The molecular weight excluding hydrogens is 242 g/mol. The minimum Gasteiger partial charge on any atom is -0.348 e. The molecule has 14 heavy (non-hydrogen) atoms. The lowest BCUT2D eigenvalue weighted by Gasteiger charge is -2.04. The summed E-state index contributed by atoms with van der Waals surface area (Å²) in [6.45, 7) is 6.11. The SMILES string of the molecule is C=C(C)CNC(=O)c1cccc(Br)c1. The van der Waals surface area contributed by atoms with Crippen LogP contribution in [0.4, 0.5) is 0 Å². The van der Waals surface area contributed by atoms with Gasteiger partial charge in [-0.15, -0.1) is 0 Å². The van der Waals surface area contributed by atoms with Crippen LogP contribution in [0.3, 0.4) is 0 Å². The Hall–Kier alpha value is -1.09. The average molecular weight is 254 g/mol. The normalized spacial score (nSPS) is 9.57. The molecule has 0 atom stereocenters. The highest BCUT2D eigenvalue weighted by atomic mass is 79.9. The lowest BCUT2D eigenvalue weighted by molar-refractivity contribution is 0.0957. The van der Waals surface area contributed by atoms with Crippen LogP contribution in [-0.4, -0.2) is 12.5 Å². The van der Waals surface area contributed by atoms with Crippen LogP contribution in [0.1, 0.15) is 17.3 Å². The molecule has 1 aromatic rings. The van der Waals surface area contributed by atoms with E-state index in [0.717, 1.165) is 10.0 Å². The summed E-state index contributed by atoms with van der Waals surface area (Å²) < 4.78 is 0.903. The van der Waals surface area contributed by atoms with E-state index in [9.17, 15) is 4.79 Å². The Labute approximate surface area is 92.1 Å².